The van der Waals surface area contributed by atoms with E-state index >= 15 is 0 Å². The van der Waals surface area contributed by atoms with Crippen LogP contribution in [0.1, 0.15) is 45.1 Å². The van der Waals surface area contributed by atoms with Gasteiger partial charge in [0.25, 0.3) is 0 Å². The zero-order chi connectivity index (χ0) is 26.4. The van der Waals surface area contributed by atoms with E-state index in [0.29, 0.717) is 22.2 Å². The van der Waals surface area contributed by atoms with Gasteiger partial charge in [-0.3, -0.25) is 4.98 Å². The summed E-state index contributed by atoms with van der Waals surface area (Å²) in [4.78, 5) is 19.4. The lowest BCUT2D eigenvalue weighted by Gasteiger charge is -2.28. The number of aryl methyl sites for hydroxylation is 1. The number of hydrogen-bond donors (Lipinski definition) is 1. The minimum Gasteiger partial charge on any atom is -0.465 e. The van der Waals surface area contributed by atoms with Crippen LogP contribution in [-0.4, -0.2) is 34.5 Å². The Morgan fingerprint density at radius 3 is 2.63 bits per heavy atom. The molecule has 0 saturated carbocycles. The highest BCUT2D eigenvalue weighted by molar-refractivity contribution is 7.80. The normalized spacial score (nSPS) is 18.0. The summed E-state index contributed by atoms with van der Waals surface area (Å²) < 4.78 is 18.4. The summed E-state index contributed by atoms with van der Waals surface area (Å²) >= 11 is 5.90. The van der Waals surface area contributed by atoms with Crippen molar-refractivity contribution < 1.29 is 19.0 Å². The Morgan fingerprint density at radius 1 is 1.05 bits per heavy atom. The van der Waals surface area contributed by atoms with Crippen LogP contribution in [0.4, 0.5) is 5.69 Å². The third-order valence-corrected chi connectivity index (χ3v) is 7.39. The number of para-hydroxylation sites is 1. The van der Waals surface area contributed by atoms with Crippen molar-refractivity contribution in [3.63, 3.8) is 0 Å². The molecule has 4 aromatic rings. The molecule has 1 saturated heterocycles. The highest BCUT2D eigenvalue weighted by Crippen LogP contribution is 2.46. The van der Waals surface area contributed by atoms with E-state index in [4.69, 9.17) is 26.4 Å². The summed E-state index contributed by atoms with van der Waals surface area (Å²) in [7, 11) is 1.39. The second kappa shape index (κ2) is 9.50. The Hall–Kier alpha value is -4.37. The Bertz CT molecular complexity index is 1550. The summed E-state index contributed by atoms with van der Waals surface area (Å²) in [5.41, 5.74) is 6.05. The lowest BCUT2D eigenvalue weighted by Crippen LogP contribution is -2.29. The average molecular weight is 527 g/mol. The van der Waals surface area contributed by atoms with Crippen LogP contribution in [0.25, 0.3) is 5.69 Å². The van der Waals surface area contributed by atoms with Gasteiger partial charge in [-0.1, -0.05) is 18.2 Å². The van der Waals surface area contributed by atoms with Crippen LogP contribution >= 0.6 is 12.2 Å². The molecule has 2 aromatic heterocycles. The number of nitrogens with one attached hydrogen (secondary N) is 1. The van der Waals surface area contributed by atoms with Gasteiger partial charge in [0, 0.05) is 29.3 Å². The number of hydrogen-bond acceptors (Lipinski definition) is 6. The largest absolute Gasteiger partial charge is 0.465 e. The molecule has 2 aliphatic heterocycles. The molecule has 2 aromatic carbocycles. The van der Waals surface area contributed by atoms with Crippen molar-refractivity contribution in [1.29, 1.82) is 0 Å². The molecule has 0 bridgehead atoms. The number of anilines is 1. The van der Waals surface area contributed by atoms with Gasteiger partial charge in [-0.05, 0) is 74.1 Å². The monoisotopic (exact) mass is 526 g/mol. The van der Waals surface area contributed by atoms with Crippen molar-refractivity contribution in [2.45, 2.75) is 25.9 Å². The molecule has 0 radical (unpaired) electrons. The molecule has 38 heavy (non-hydrogen) atoms. The third kappa shape index (κ3) is 3.86. The number of esters is 1. The van der Waals surface area contributed by atoms with Crippen molar-refractivity contribution in [2.75, 3.05) is 18.8 Å². The number of methoxy groups -OCH3 is 1. The zero-order valence-electron chi connectivity index (χ0n) is 21.2. The fourth-order valence-electron chi connectivity index (χ4n) is 5.39. The topological polar surface area (TPSA) is 77.9 Å². The van der Waals surface area contributed by atoms with E-state index in [1.807, 2.05) is 61.5 Å². The molecule has 8 nitrogen and oxygen atoms in total. The van der Waals surface area contributed by atoms with Crippen LogP contribution in [-0.2, 0) is 4.74 Å². The number of carbonyl (C=O) groups excluding carboxylic acids is 1. The quantitative estimate of drug-likeness (QED) is 0.282. The number of aromatic nitrogens is 2. The molecule has 0 spiro atoms. The van der Waals surface area contributed by atoms with Gasteiger partial charge in [-0.2, -0.15) is 0 Å². The van der Waals surface area contributed by atoms with Gasteiger partial charge in [0.2, 0.25) is 6.79 Å². The molecule has 6 rings (SSSR count). The van der Waals surface area contributed by atoms with Crippen molar-refractivity contribution in [1.82, 2.24) is 14.9 Å². The van der Waals surface area contributed by atoms with E-state index in [2.05, 4.69) is 32.8 Å². The molecule has 192 valence electrons. The van der Waals surface area contributed by atoms with E-state index in [9.17, 15) is 4.79 Å². The van der Waals surface area contributed by atoms with Crippen LogP contribution in [0.2, 0.25) is 0 Å². The SMILES string of the molecule is COC(=O)c1ccccc1-n1c(C)cc([C@H]2[C@H](c3ccccn3)NC(=S)N2c2ccc3c(c2)OCO3)c1C. The molecule has 0 amide bonds. The first-order valence-corrected chi connectivity index (χ1v) is 12.7. The highest BCUT2D eigenvalue weighted by atomic mass is 32.1. The summed E-state index contributed by atoms with van der Waals surface area (Å²) in [5, 5.41) is 4.10. The Labute approximate surface area is 225 Å². The third-order valence-electron chi connectivity index (χ3n) is 7.07. The van der Waals surface area contributed by atoms with Gasteiger partial charge < -0.3 is 29.0 Å². The number of rotatable bonds is 5. The summed E-state index contributed by atoms with van der Waals surface area (Å²) in [6.07, 6.45) is 1.79. The van der Waals surface area contributed by atoms with E-state index < -0.39 is 0 Å². The first-order valence-electron chi connectivity index (χ1n) is 12.2. The number of benzene rings is 2. The average Bonchev–Trinajstić information content (AvgIpc) is 3.63. The Morgan fingerprint density at radius 2 is 1.84 bits per heavy atom. The van der Waals surface area contributed by atoms with Crippen LogP contribution in [0.5, 0.6) is 11.5 Å². The molecule has 2 atom stereocenters. The predicted molar refractivity (Wildman–Crippen MR) is 147 cm³/mol. The van der Waals surface area contributed by atoms with Crippen molar-refractivity contribution in [3.05, 3.63) is 101 Å². The lowest BCUT2D eigenvalue weighted by molar-refractivity contribution is 0.0600. The standard InChI is InChI=1S/C29H26N4O4S/c1-17-14-21(18(2)32(17)23-10-5-4-8-20(23)28(34)35-3)27-26(22-9-6-7-13-30-22)31-29(38)33(27)19-11-12-24-25(15-19)37-16-36-24/h4-15,26-27H,16H2,1-3H3,(H,31,38)/t26-,27-/m0/s1. The summed E-state index contributed by atoms with van der Waals surface area (Å²) in [6, 6.07) is 20.9. The van der Waals surface area contributed by atoms with Gasteiger partial charge in [0.05, 0.1) is 36.1 Å². The minimum atomic E-state index is -0.383. The van der Waals surface area contributed by atoms with Crippen LogP contribution in [0.15, 0.2) is 72.9 Å². The van der Waals surface area contributed by atoms with Gasteiger partial charge >= 0.3 is 5.97 Å². The van der Waals surface area contributed by atoms with Gasteiger partial charge in [-0.25, -0.2) is 4.79 Å². The first-order chi connectivity index (χ1) is 18.5. The number of ether oxygens (including phenoxy) is 3. The molecule has 1 N–H and O–H groups in total. The molecular formula is C29H26N4O4S. The molecule has 4 heterocycles. The van der Waals surface area contributed by atoms with Gasteiger partial charge in [0.1, 0.15) is 0 Å². The van der Waals surface area contributed by atoms with E-state index in [-0.39, 0.29) is 24.8 Å². The van der Waals surface area contributed by atoms with E-state index in [0.717, 1.165) is 34.0 Å². The molecule has 2 aliphatic rings. The number of nitrogens with zero attached hydrogens (tertiary/aromatic N) is 3. The van der Waals surface area contributed by atoms with E-state index in [1.165, 1.54) is 7.11 Å². The van der Waals surface area contributed by atoms with Crippen molar-refractivity contribution >= 4 is 29.0 Å². The molecule has 0 aliphatic carbocycles. The zero-order valence-corrected chi connectivity index (χ0v) is 22.0. The number of fused-ring (bicyclic) bond motifs is 1. The molecule has 0 unspecified atom stereocenters. The predicted octanol–water partition coefficient (Wildman–Crippen LogP) is 5.18. The Balaban J connectivity index is 1.52. The number of carbonyl (C=O) groups is 1. The van der Waals surface area contributed by atoms with Gasteiger partial charge in [0.15, 0.2) is 16.6 Å². The second-order valence-corrected chi connectivity index (χ2v) is 9.59. The maximum absolute atomic E-state index is 12.6. The minimum absolute atomic E-state index is 0.197. The highest BCUT2D eigenvalue weighted by Gasteiger charge is 2.42. The smallest absolute Gasteiger partial charge is 0.339 e. The van der Waals surface area contributed by atoms with E-state index in [1.54, 1.807) is 12.3 Å². The summed E-state index contributed by atoms with van der Waals surface area (Å²) in [5.74, 6) is 1.01. The van der Waals surface area contributed by atoms with Crippen molar-refractivity contribution in [3.8, 4) is 17.2 Å². The molecule has 9 heteroatoms. The maximum atomic E-state index is 12.6. The Kier molecular flexibility index (Phi) is 6.00. The second-order valence-electron chi connectivity index (χ2n) is 9.20. The molecule has 1 fully saturated rings. The number of pyridine rings is 1. The van der Waals surface area contributed by atoms with Crippen LogP contribution < -0.4 is 19.7 Å². The first kappa shape index (κ1) is 24.0. The lowest BCUT2D eigenvalue weighted by atomic mass is 9.96. The molecular weight excluding hydrogens is 500 g/mol. The maximum Gasteiger partial charge on any atom is 0.339 e. The number of thiocarbonyl (C=S) groups is 1. The van der Waals surface area contributed by atoms with Crippen LogP contribution in [0, 0.1) is 13.8 Å². The van der Waals surface area contributed by atoms with Crippen LogP contribution in [0.3, 0.4) is 0 Å². The van der Waals surface area contributed by atoms with Gasteiger partial charge in [-0.15, -0.1) is 0 Å². The fraction of sp³-hybridized carbons (Fsp3) is 0.207. The summed E-state index contributed by atoms with van der Waals surface area (Å²) in [6.45, 7) is 4.29. The van der Waals surface area contributed by atoms with Crippen molar-refractivity contribution in [2.24, 2.45) is 0 Å². The fourth-order valence-corrected chi connectivity index (χ4v) is 5.74.